The van der Waals surface area contributed by atoms with Crippen molar-refractivity contribution in [1.82, 2.24) is 19.9 Å². The lowest BCUT2D eigenvalue weighted by Crippen LogP contribution is -2.42. The Bertz CT molecular complexity index is 2430. The van der Waals surface area contributed by atoms with Gasteiger partial charge in [0.2, 0.25) is 0 Å². The van der Waals surface area contributed by atoms with E-state index >= 15 is 0 Å². The van der Waals surface area contributed by atoms with Crippen molar-refractivity contribution in [3.63, 3.8) is 0 Å². The van der Waals surface area contributed by atoms with E-state index < -0.39 is 0 Å². The number of aromatic nitrogens is 4. The van der Waals surface area contributed by atoms with E-state index in [1.807, 2.05) is 6.20 Å². The normalized spacial score (nSPS) is 16.2. The van der Waals surface area contributed by atoms with Gasteiger partial charge >= 0.3 is 0 Å². The first kappa shape index (κ1) is 43.6. The van der Waals surface area contributed by atoms with Gasteiger partial charge in [0.15, 0.2) is 17.5 Å². The van der Waals surface area contributed by atoms with Gasteiger partial charge in [-0.15, -0.1) is 11.3 Å². The lowest BCUT2D eigenvalue weighted by atomic mass is 9.59. The maximum Gasteiger partial charge on any atom is 0.174 e. The van der Waals surface area contributed by atoms with Crippen LogP contribution in [0, 0.1) is 5.41 Å². The molecule has 0 N–H and O–H groups in total. The molecular weight excluding hydrogens is 749 g/mol. The highest BCUT2D eigenvalue weighted by molar-refractivity contribution is 7.18. The average Bonchev–Trinajstić information content (AvgIpc) is 3.69. The summed E-state index contributed by atoms with van der Waals surface area (Å²) >= 11 is 1.70. The maximum atomic E-state index is 5.31. The molecule has 0 fully saturated rings. The predicted octanol–water partition coefficient (Wildman–Crippen LogP) is 15.4. The number of pyridine rings is 1. The third-order valence-corrected chi connectivity index (χ3v) is 15.3. The maximum absolute atomic E-state index is 5.31. The van der Waals surface area contributed by atoms with Gasteiger partial charge in [0.05, 0.1) is 10.6 Å². The summed E-state index contributed by atoms with van der Waals surface area (Å²) < 4.78 is 0. The van der Waals surface area contributed by atoms with E-state index in [2.05, 4.69) is 203 Å². The summed E-state index contributed by atoms with van der Waals surface area (Å²) in [6, 6.07) is 29.5. The van der Waals surface area contributed by atoms with Crippen molar-refractivity contribution in [2.75, 3.05) is 0 Å². The van der Waals surface area contributed by atoms with Gasteiger partial charge in [-0.3, -0.25) is 4.98 Å². The minimum Gasteiger partial charge on any atom is -0.256 e. The molecule has 3 heterocycles. The zero-order valence-electron chi connectivity index (χ0n) is 39.8. The second kappa shape index (κ2) is 14.3. The number of nitrogens with zero attached hydrogens (tertiary/aromatic N) is 4. The summed E-state index contributed by atoms with van der Waals surface area (Å²) in [6.45, 7) is 41.7. The zero-order valence-corrected chi connectivity index (χ0v) is 40.6. The molecule has 4 nitrogen and oxygen atoms in total. The van der Waals surface area contributed by atoms with Gasteiger partial charge in [0.1, 0.15) is 0 Å². The molecule has 1 aliphatic rings. The molecule has 0 saturated heterocycles. The van der Waals surface area contributed by atoms with Crippen LogP contribution in [0.4, 0.5) is 0 Å². The molecule has 0 bridgehead atoms. The largest absolute Gasteiger partial charge is 0.256 e. The van der Waals surface area contributed by atoms with Crippen LogP contribution < -0.4 is 0 Å². The second-order valence-electron chi connectivity index (χ2n) is 23.1. The molecule has 5 heteroatoms. The van der Waals surface area contributed by atoms with Crippen molar-refractivity contribution in [2.45, 2.75) is 157 Å². The van der Waals surface area contributed by atoms with Crippen molar-refractivity contribution in [3.05, 3.63) is 118 Å². The van der Waals surface area contributed by atoms with Crippen LogP contribution in [0.5, 0.6) is 0 Å². The topological polar surface area (TPSA) is 51.6 Å². The van der Waals surface area contributed by atoms with Gasteiger partial charge in [0.25, 0.3) is 0 Å². The molecule has 0 spiro atoms. The van der Waals surface area contributed by atoms with Crippen molar-refractivity contribution in [3.8, 4) is 55.2 Å². The van der Waals surface area contributed by atoms with Crippen LogP contribution in [0.1, 0.15) is 158 Å². The SMILES string of the molecule is CC(C)(C)c1cc(-c2nc(-c3cc(C(C)(C)C)cc(C(C)(C)C)c3)nc(-c3ccc(-c4ccc(-c5ccc6c(c5)C(C)(C)C(C)(C)C6(C)C)nc4)s3)n2)cc(C(C)(C)C)c1. The van der Waals surface area contributed by atoms with Crippen molar-refractivity contribution in [1.29, 1.82) is 0 Å². The summed E-state index contributed by atoms with van der Waals surface area (Å²) in [4.78, 5) is 23.0. The molecule has 6 aromatic rings. The van der Waals surface area contributed by atoms with Crippen LogP contribution in [-0.2, 0) is 32.5 Å². The molecule has 7 rings (SSSR count). The fourth-order valence-corrected chi connectivity index (χ4v) is 9.46. The number of thiophene rings is 1. The van der Waals surface area contributed by atoms with Gasteiger partial charge in [-0.1, -0.05) is 149 Å². The fourth-order valence-electron chi connectivity index (χ4n) is 8.53. The Kier molecular flexibility index (Phi) is 10.4. The molecule has 0 aliphatic heterocycles. The van der Waals surface area contributed by atoms with E-state index in [0.717, 1.165) is 37.7 Å². The predicted molar refractivity (Wildman–Crippen MR) is 257 cm³/mol. The molecule has 1 aliphatic carbocycles. The first-order valence-corrected chi connectivity index (χ1v) is 22.6. The van der Waals surface area contributed by atoms with Crippen molar-refractivity contribution < 1.29 is 0 Å². The Labute approximate surface area is 365 Å². The van der Waals surface area contributed by atoms with Crippen molar-refractivity contribution >= 4 is 11.3 Å². The van der Waals surface area contributed by atoms with Crippen LogP contribution >= 0.6 is 11.3 Å². The third kappa shape index (κ3) is 7.81. The van der Waals surface area contributed by atoms with E-state index in [1.54, 1.807) is 11.3 Å². The molecule has 0 atom stereocenters. The first-order chi connectivity index (χ1) is 27.5. The number of hydrogen-bond donors (Lipinski definition) is 0. The summed E-state index contributed by atoms with van der Waals surface area (Å²) in [5.74, 6) is 2.06. The highest BCUT2D eigenvalue weighted by Crippen LogP contribution is 2.61. The molecule has 0 radical (unpaired) electrons. The Balaban J connectivity index is 1.33. The Morgan fingerprint density at radius 3 is 1.25 bits per heavy atom. The molecule has 0 saturated carbocycles. The molecule has 0 amide bonds. The van der Waals surface area contributed by atoms with E-state index in [1.165, 1.54) is 33.4 Å². The summed E-state index contributed by atoms with van der Waals surface area (Å²) in [5.41, 5.74) is 13.2. The highest BCUT2D eigenvalue weighted by atomic mass is 32.1. The van der Waals surface area contributed by atoms with Crippen molar-refractivity contribution in [2.24, 2.45) is 5.41 Å². The fraction of sp³-hybridized carbons (Fsp3) is 0.455. The lowest BCUT2D eigenvalue weighted by Gasteiger charge is -2.44. The summed E-state index contributed by atoms with van der Waals surface area (Å²) in [6.07, 6.45) is 2.01. The summed E-state index contributed by atoms with van der Waals surface area (Å²) in [5, 5.41) is 0. The molecule has 314 valence electrons. The Morgan fingerprint density at radius 2 is 0.817 bits per heavy atom. The molecule has 60 heavy (non-hydrogen) atoms. The van der Waals surface area contributed by atoms with E-state index in [0.29, 0.717) is 17.5 Å². The number of rotatable bonds is 5. The number of hydrogen-bond acceptors (Lipinski definition) is 5. The number of fused-ring (bicyclic) bond motifs is 1. The third-order valence-electron chi connectivity index (χ3n) is 14.1. The van der Waals surface area contributed by atoms with Gasteiger partial charge in [-0.25, -0.2) is 15.0 Å². The molecular formula is C55H68N4S. The second-order valence-corrected chi connectivity index (χ2v) is 24.2. The standard InChI is InChI=1S/C55H68N4S/c1-49(2,3)37-25-35(26-38(30-37)50(4,5)6)46-57-47(36-27-39(51(7,8)9)31-40(28-36)52(10,11)12)59-48(58-46)45-24-23-44(60-45)34-20-22-43(56-32-34)33-19-21-41-42(29-33)54(15,16)55(17,18)53(41,13)14/h19-32H,1-18H3. The lowest BCUT2D eigenvalue weighted by molar-refractivity contribution is 0.125. The first-order valence-electron chi connectivity index (χ1n) is 21.8. The van der Waals surface area contributed by atoms with Crippen LogP contribution in [-0.4, -0.2) is 19.9 Å². The van der Waals surface area contributed by atoms with E-state index in [4.69, 9.17) is 19.9 Å². The van der Waals surface area contributed by atoms with E-state index in [-0.39, 0.29) is 37.9 Å². The Morgan fingerprint density at radius 1 is 0.400 bits per heavy atom. The van der Waals surface area contributed by atoms with Crippen LogP contribution in [0.3, 0.4) is 0 Å². The molecule has 3 aromatic heterocycles. The van der Waals surface area contributed by atoms with Gasteiger partial charge in [0, 0.05) is 33.3 Å². The average molecular weight is 817 g/mol. The summed E-state index contributed by atoms with van der Waals surface area (Å²) in [7, 11) is 0. The molecule has 0 unspecified atom stereocenters. The minimum absolute atomic E-state index is 0.0401. The van der Waals surface area contributed by atoms with Gasteiger partial charge in [-0.2, -0.15) is 0 Å². The Hall–Kier alpha value is -4.48. The van der Waals surface area contributed by atoms with Gasteiger partial charge < -0.3 is 0 Å². The van der Waals surface area contributed by atoms with Crippen LogP contribution in [0.15, 0.2) is 85.1 Å². The molecule has 3 aromatic carbocycles. The van der Waals surface area contributed by atoms with E-state index in [9.17, 15) is 0 Å². The number of benzene rings is 3. The van der Waals surface area contributed by atoms with Crippen LogP contribution in [0.2, 0.25) is 0 Å². The monoisotopic (exact) mass is 817 g/mol. The minimum atomic E-state index is -0.0471. The quantitative estimate of drug-likeness (QED) is 0.174. The van der Waals surface area contributed by atoms with Crippen LogP contribution in [0.25, 0.3) is 55.2 Å². The highest BCUT2D eigenvalue weighted by Gasteiger charge is 2.56. The zero-order chi connectivity index (χ0) is 44.2. The smallest absolute Gasteiger partial charge is 0.174 e. The van der Waals surface area contributed by atoms with Gasteiger partial charge in [-0.05, 0) is 126 Å².